The first-order chi connectivity index (χ1) is 16.5. The number of amides is 1. The number of methoxy groups -OCH3 is 1. The third kappa shape index (κ3) is 5.64. The van der Waals surface area contributed by atoms with Gasteiger partial charge in [0.25, 0.3) is 5.91 Å². The van der Waals surface area contributed by atoms with Crippen molar-refractivity contribution in [1.82, 2.24) is 10.2 Å². The van der Waals surface area contributed by atoms with E-state index in [4.69, 9.17) is 9.47 Å². The van der Waals surface area contributed by atoms with E-state index in [-0.39, 0.29) is 11.9 Å². The molecule has 0 aliphatic heterocycles. The van der Waals surface area contributed by atoms with Crippen molar-refractivity contribution in [2.45, 2.75) is 57.5 Å². The molecule has 5 heteroatoms. The third-order valence-electron chi connectivity index (χ3n) is 7.86. The average molecular weight is 463 g/mol. The standard InChI is InChI=1S/C29H38N2O3/c1-31(28(32)23-8-11-27(12-9-23)34-18-21-3-4-21)26-10-7-24-15-22(5-6-25(24)16-26)17-30-19-29(13-14-29)20-33-2/h5-6,8-9,11-12,15,21,26,30H,3-4,7,10,13-14,16-20H2,1-2H3/t26-/m0/s1. The third-order valence-corrected chi connectivity index (χ3v) is 7.86. The number of carbonyl (C=O) groups excluding carboxylic acids is 1. The van der Waals surface area contributed by atoms with E-state index in [1.165, 1.54) is 42.4 Å². The van der Waals surface area contributed by atoms with Crippen molar-refractivity contribution < 1.29 is 14.3 Å². The smallest absolute Gasteiger partial charge is 0.253 e. The van der Waals surface area contributed by atoms with Crippen LogP contribution < -0.4 is 10.1 Å². The quantitative estimate of drug-likeness (QED) is 0.529. The zero-order valence-corrected chi connectivity index (χ0v) is 20.6. The average Bonchev–Trinajstić information content (AvgIpc) is 3.79. The van der Waals surface area contributed by atoms with Crippen LogP contribution in [-0.2, 0) is 24.1 Å². The minimum atomic E-state index is 0.0908. The van der Waals surface area contributed by atoms with E-state index in [1.54, 1.807) is 7.11 Å². The van der Waals surface area contributed by atoms with Crippen LogP contribution in [0, 0.1) is 11.3 Å². The van der Waals surface area contributed by atoms with E-state index >= 15 is 0 Å². The molecule has 2 saturated carbocycles. The second-order valence-corrected chi connectivity index (χ2v) is 10.7. The molecule has 34 heavy (non-hydrogen) atoms. The van der Waals surface area contributed by atoms with Crippen molar-refractivity contribution in [3.05, 3.63) is 64.7 Å². The van der Waals surface area contributed by atoms with Crippen LogP contribution in [0.2, 0.25) is 0 Å². The van der Waals surface area contributed by atoms with Crippen LogP contribution in [0.25, 0.3) is 0 Å². The van der Waals surface area contributed by atoms with Crippen LogP contribution in [0.5, 0.6) is 5.75 Å². The zero-order chi connectivity index (χ0) is 23.5. The molecular formula is C29H38N2O3. The Labute approximate surface area is 203 Å². The Morgan fingerprint density at radius 1 is 1.09 bits per heavy atom. The Kier molecular flexibility index (Phi) is 6.94. The van der Waals surface area contributed by atoms with Gasteiger partial charge in [0.2, 0.25) is 0 Å². The van der Waals surface area contributed by atoms with Gasteiger partial charge in [-0.2, -0.15) is 0 Å². The molecule has 2 aromatic carbocycles. The number of ether oxygens (including phenoxy) is 2. The van der Waals surface area contributed by atoms with Gasteiger partial charge in [0, 0.05) is 44.3 Å². The first-order valence-electron chi connectivity index (χ1n) is 12.9. The van der Waals surface area contributed by atoms with Gasteiger partial charge in [0.05, 0.1) is 13.2 Å². The number of benzene rings is 2. The van der Waals surface area contributed by atoms with Gasteiger partial charge >= 0.3 is 0 Å². The number of likely N-dealkylation sites (N-methyl/N-ethyl adjacent to an activating group) is 1. The van der Waals surface area contributed by atoms with Crippen molar-refractivity contribution in [2.75, 3.05) is 33.9 Å². The molecule has 0 heterocycles. The predicted octanol–water partition coefficient (Wildman–Crippen LogP) is 4.62. The lowest BCUT2D eigenvalue weighted by Crippen LogP contribution is -2.40. The summed E-state index contributed by atoms with van der Waals surface area (Å²) in [7, 11) is 3.74. The molecule has 5 nitrogen and oxygen atoms in total. The fourth-order valence-electron chi connectivity index (χ4n) is 5.12. The highest BCUT2D eigenvalue weighted by molar-refractivity contribution is 5.94. The van der Waals surface area contributed by atoms with E-state index in [1.807, 2.05) is 36.2 Å². The Morgan fingerprint density at radius 2 is 1.88 bits per heavy atom. The highest BCUT2D eigenvalue weighted by Crippen LogP contribution is 2.45. The monoisotopic (exact) mass is 462 g/mol. The molecule has 0 bridgehead atoms. The number of nitrogens with one attached hydrogen (secondary N) is 1. The van der Waals surface area contributed by atoms with E-state index < -0.39 is 0 Å². The normalized spacial score (nSPS) is 20.5. The fourth-order valence-corrected chi connectivity index (χ4v) is 5.12. The predicted molar refractivity (Wildman–Crippen MR) is 134 cm³/mol. The molecular weight excluding hydrogens is 424 g/mol. The summed E-state index contributed by atoms with van der Waals surface area (Å²) < 4.78 is 11.2. The first-order valence-corrected chi connectivity index (χ1v) is 12.9. The van der Waals surface area contributed by atoms with Crippen molar-refractivity contribution >= 4 is 5.91 Å². The Balaban J connectivity index is 1.13. The first kappa shape index (κ1) is 23.4. The van der Waals surface area contributed by atoms with E-state index in [2.05, 4.69) is 23.5 Å². The Bertz CT molecular complexity index is 995. The van der Waals surface area contributed by atoms with Gasteiger partial charge < -0.3 is 19.7 Å². The highest BCUT2D eigenvalue weighted by Gasteiger charge is 2.42. The molecule has 1 N–H and O–H groups in total. The minimum Gasteiger partial charge on any atom is -0.493 e. The maximum Gasteiger partial charge on any atom is 0.253 e. The maximum atomic E-state index is 13.1. The van der Waals surface area contributed by atoms with Gasteiger partial charge in [-0.05, 0) is 91.8 Å². The van der Waals surface area contributed by atoms with Crippen LogP contribution >= 0.6 is 0 Å². The van der Waals surface area contributed by atoms with Gasteiger partial charge in [0.15, 0.2) is 0 Å². The lowest BCUT2D eigenvalue weighted by molar-refractivity contribution is 0.0719. The minimum absolute atomic E-state index is 0.0908. The number of rotatable bonds is 11. The van der Waals surface area contributed by atoms with Crippen LogP contribution in [0.15, 0.2) is 42.5 Å². The number of fused-ring (bicyclic) bond motifs is 1. The summed E-state index contributed by atoms with van der Waals surface area (Å²) in [4.78, 5) is 15.1. The zero-order valence-electron chi connectivity index (χ0n) is 20.6. The SMILES string of the molecule is COCC1(CNCc2ccc3c(c2)CC[C@H](N(C)C(=O)c2ccc(OCC4CC4)cc2)C3)CC1. The summed E-state index contributed by atoms with van der Waals surface area (Å²) >= 11 is 0. The maximum absolute atomic E-state index is 13.1. The Hall–Kier alpha value is -2.37. The van der Waals surface area contributed by atoms with E-state index in [0.717, 1.165) is 62.8 Å². The lowest BCUT2D eigenvalue weighted by atomic mass is 9.86. The number of nitrogens with zero attached hydrogens (tertiary/aromatic N) is 1. The van der Waals surface area contributed by atoms with E-state index in [9.17, 15) is 4.79 Å². The van der Waals surface area contributed by atoms with Gasteiger partial charge in [-0.15, -0.1) is 0 Å². The summed E-state index contributed by atoms with van der Waals surface area (Å²) in [6, 6.07) is 14.8. The van der Waals surface area contributed by atoms with Crippen molar-refractivity contribution in [1.29, 1.82) is 0 Å². The second kappa shape index (κ2) is 10.1. The molecule has 3 aliphatic rings. The number of carbonyl (C=O) groups is 1. The molecule has 2 fully saturated rings. The molecule has 0 unspecified atom stereocenters. The molecule has 0 saturated heterocycles. The summed E-state index contributed by atoms with van der Waals surface area (Å²) in [5, 5.41) is 3.63. The largest absolute Gasteiger partial charge is 0.493 e. The molecule has 0 spiro atoms. The second-order valence-electron chi connectivity index (χ2n) is 10.7. The topological polar surface area (TPSA) is 50.8 Å². The van der Waals surface area contributed by atoms with Crippen LogP contribution in [0.3, 0.4) is 0 Å². The van der Waals surface area contributed by atoms with Gasteiger partial charge in [-0.1, -0.05) is 18.2 Å². The number of hydrogen-bond donors (Lipinski definition) is 1. The number of hydrogen-bond acceptors (Lipinski definition) is 4. The Morgan fingerprint density at radius 3 is 2.59 bits per heavy atom. The van der Waals surface area contributed by atoms with Crippen molar-refractivity contribution in [2.24, 2.45) is 11.3 Å². The van der Waals surface area contributed by atoms with Gasteiger partial charge in [-0.25, -0.2) is 0 Å². The van der Waals surface area contributed by atoms with Crippen LogP contribution in [-0.4, -0.2) is 50.8 Å². The van der Waals surface area contributed by atoms with Gasteiger partial charge in [-0.3, -0.25) is 4.79 Å². The summed E-state index contributed by atoms with van der Waals surface area (Å²) in [6.45, 7) is 3.58. The fraction of sp³-hybridized carbons (Fsp3) is 0.552. The van der Waals surface area contributed by atoms with Crippen molar-refractivity contribution in [3.8, 4) is 5.75 Å². The molecule has 182 valence electrons. The van der Waals surface area contributed by atoms with Crippen molar-refractivity contribution in [3.63, 3.8) is 0 Å². The van der Waals surface area contributed by atoms with Crippen LogP contribution in [0.4, 0.5) is 0 Å². The summed E-state index contributed by atoms with van der Waals surface area (Å²) in [5.74, 6) is 1.67. The molecule has 2 aromatic rings. The lowest BCUT2D eigenvalue weighted by Gasteiger charge is -2.33. The molecule has 1 atom stereocenters. The summed E-state index contributed by atoms with van der Waals surface area (Å²) in [6.07, 6.45) is 8.04. The van der Waals surface area contributed by atoms with E-state index in [0.29, 0.717) is 5.41 Å². The molecule has 0 radical (unpaired) electrons. The highest BCUT2D eigenvalue weighted by atomic mass is 16.5. The van der Waals surface area contributed by atoms with Crippen LogP contribution in [0.1, 0.15) is 59.2 Å². The molecule has 3 aliphatic carbocycles. The number of aryl methyl sites for hydroxylation is 1. The molecule has 5 rings (SSSR count). The summed E-state index contributed by atoms with van der Waals surface area (Å²) in [5.41, 5.74) is 5.26. The molecule has 1 amide bonds. The van der Waals surface area contributed by atoms with Gasteiger partial charge in [0.1, 0.15) is 5.75 Å². The molecule has 0 aromatic heterocycles.